The molecule has 1 atom stereocenters. The molecule has 0 fully saturated rings. The molecule has 4 rings (SSSR count). The highest BCUT2D eigenvalue weighted by molar-refractivity contribution is 9.10. The Morgan fingerprint density at radius 2 is 1.68 bits per heavy atom. The molecule has 234 valence electrons. The molecule has 0 amide bonds. The molecule has 0 radical (unpaired) electrons. The van der Waals surface area contributed by atoms with Crippen molar-refractivity contribution in [2.75, 3.05) is 40.6 Å². The van der Waals surface area contributed by atoms with Gasteiger partial charge in [-0.25, -0.2) is 14.6 Å². The van der Waals surface area contributed by atoms with E-state index in [0.717, 1.165) is 0 Å². The number of hydrogen-bond donors (Lipinski definition) is 0. The number of methoxy groups -OCH3 is 2. The second-order valence-electron chi connectivity index (χ2n) is 9.26. The van der Waals surface area contributed by atoms with E-state index in [1.165, 1.54) is 23.0 Å². The van der Waals surface area contributed by atoms with Gasteiger partial charge < -0.3 is 28.4 Å². The topological polar surface area (TPSA) is 124 Å². The van der Waals surface area contributed by atoms with Crippen molar-refractivity contribution in [1.82, 2.24) is 4.57 Å². The van der Waals surface area contributed by atoms with E-state index in [0.29, 0.717) is 66.8 Å². The van der Waals surface area contributed by atoms with Gasteiger partial charge in [-0.15, -0.1) is 0 Å². The van der Waals surface area contributed by atoms with Crippen LogP contribution < -0.4 is 33.8 Å². The summed E-state index contributed by atoms with van der Waals surface area (Å²) in [6.45, 7) is 7.71. The molecular weight excluding hydrogens is 656 g/mol. The van der Waals surface area contributed by atoms with Crippen LogP contribution in [-0.4, -0.2) is 57.2 Å². The highest BCUT2D eigenvalue weighted by Gasteiger charge is 2.34. The van der Waals surface area contributed by atoms with Crippen molar-refractivity contribution < 1.29 is 38.0 Å². The van der Waals surface area contributed by atoms with E-state index in [2.05, 4.69) is 25.7 Å². The van der Waals surface area contributed by atoms with Crippen LogP contribution in [0.15, 0.2) is 55.9 Å². The van der Waals surface area contributed by atoms with E-state index in [9.17, 15) is 14.4 Å². The quantitative estimate of drug-likeness (QED) is 0.261. The maximum atomic E-state index is 14.1. The predicted molar refractivity (Wildman–Crippen MR) is 167 cm³/mol. The number of hydrogen-bond acceptors (Lipinski definition) is 11. The van der Waals surface area contributed by atoms with Gasteiger partial charge in [0.25, 0.3) is 5.56 Å². The number of benzene rings is 2. The van der Waals surface area contributed by atoms with Gasteiger partial charge in [-0.1, -0.05) is 33.3 Å². The van der Waals surface area contributed by atoms with Crippen LogP contribution in [-0.2, 0) is 19.1 Å². The Morgan fingerprint density at radius 1 is 0.977 bits per heavy atom. The standard InChI is InChI=1S/C31H33BrN2O9S/c1-7-40-23-12-18(10-11-21(23)43-16-26(35)39-6)28-27(30(37)42-9-3)17(4)33-31-34(28)29(36)25(44-31)14-19-13-22(38-5)24(41-8-2)15-20(19)32/h10-15,28H,7-9,16H2,1-6H3/b25-14-/t28-/m0/s1. The van der Waals surface area contributed by atoms with Gasteiger partial charge in [0.1, 0.15) is 0 Å². The first-order valence-corrected chi connectivity index (χ1v) is 15.4. The Balaban J connectivity index is 1.91. The number of allylic oxidation sites excluding steroid dienone is 1. The van der Waals surface area contributed by atoms with E-state index in [1.807, 2.05) is 13.8 Å². The van der Waals surface area contributed by atoms with Crippen LogP contribution in [0.4, 0.5) is 0 Å². The van der Waals surface area contributed by atoms with Crippen LogP contribution in [0.1, 0.15) is 44.9 Å². The minimum absolute atomic E-state index is 0.144. The van der Waals surface area contributed by atoms with Gasteiger partial charge in [0, 0.05) is 4.47 Å². The summed E-state index contributed by atoms with van der Waals surface area (Å²) in [6.07, 6.45) is 1.74. The van der Waals surface area contributed by atoms with E-state index in [4.69, 9.17) is 23.7 Å². The molecule has 3 aromatic rings. The first-order valence-electron chi connectivity index (χ1n) is 13.8. The zero-order valence-electron chi connectivity index (χ0n) is 25.2. The Morgan fingerprint density at radius 3 is 2.32 bits per heavy atom. The third-order valence-corrected chi connectivity index (χ3v) is 8.21. The first kappa shape index (κ1) is 32.8. The fourth-order valence-electron chi connectivity index (χ4n) is 4.62. The summed E-state index contributed by atoms with van der Waals surface area (Å²) in [4.78, 5) is 44.1. The monoisotopic (exact) mass is 688 g/mol. The van der Waals surface area contributed by atoms with Gasteiger partial charge in [0.2, 0.25) is 0 Å². The molecule has 0 unspecified atom stereocenters. The molecule has 13 heteroatoms. The normalized spacial score (nSPS) is 14.4. The number of carbonyl (C=O) groups is 2. The van der Waals surface area contributed by atoms with Gasteiger partial charge in [0.15, 0.2) is 34.4 Å². The number of esters is 2. The van der Waals surface area contributed by atoms with Gasteiger partial charge in [0.05, 0.1) is 55.9 Å². The highest BCUT2D eigenvalue weighted by atomic mass is 79.9. The van der Waals surface area contributed by atoms with Gasteiger partial charge >= 0.3 is 11.9 Å². The van der Waals surface area contributed by atoms with E-state index in [-0.39, 0.29) is 24.3 Å². The summed E-state index contributed by atoms with van der Waals surface area (Å²) in [5, 5.41) is 0. The number of thiazole rings is 1. The van der Waals surface area contributed by atoms with Crippen molar-refractivity contribution in [3.05, 3.63) is 76.9 Å². The SMILES string of the molecule is CCOC(=O)C1=C(C)N=c2s/c(=C\c3cc(OC)c(OCC)cc3Br)c(=O)n2[C@H]1c1ccc(OCC(=O)OC)c(OCC)c1. The van der Waals surface area contributed by atoms with E-state index in [1.54, 1.807) is 57.4 Å². The second-order valence-corrected chi connectivity index (χ2v) is 11.1. The Kier molecular flexibility index (Phi) is 10.9. The fraction of sp³-hybridized carbons (Fsp3) is 0.355. The van der Waals surface area contributed by atoms with Crippen LogP contribution in [0.2, 0.25) is 0 Å². The molecule has 1 aliphatic heterocycles. The average Bonchev–Trinajstić information content (AvgIpc) is 3.30. The lowest BCUT2D eigenvalue weighted by molar-refractivity contribution is -0.143. The molecule has 2 aromatic carbocycles. The highest BCUT2D eigenvalue weighted by Crippen LogP contribution is 2.37. The van der Waals surface area contributed by atoms with Crippen molar-refractivity contribution in [3.63, 3.8) is 0 Å². The fourth-order valence-corrected chi connectivity index (χ4v) is 6.09. The lowest BCUT2D eigenvalue weighted by Crippen LogP contribution is -2.40. The number of fused-ring (bicyclic) bond motifs is 1. The number of nitrogens with zero attached hydrogens (tertiary/aromatic N) is 2. The summed E-state index contributed by atoms with van der Waals surface area (Å²) in [7, 11) is 2.82. The van der Waals surface area contributed by atoms with Gasteiger partial charge in [-0.3, -0.25) is 9.36 Å². The lowest BCUT2D eigenvalue weighted by atomic mass is 9.95. The third-order valence-electron chi connectivity index (χ3n) is 6.54. The van der Waals surface area contributed by atoms with Crippen molar-refractivity contribution in [2.24, 2.45) is 4.99 Å². The van der Waals surface area contributed by atoms with Gasteiger partial charge in [-0.05, 0) is 69.2 Å². The van der Waals surface area contributed by atoms with Gasteiger partial charge in [-0.2, -0.15) is 0 Å². The maximum absolute atomic E-state index is 14.1. The molecule has 0 N–H and O–H groups in total. The smallest absolute Gasteiger partial charge is 0.343 e. The van der Waals surface area contributed by atoms with E-state index >= 15 is 0 Å². The Bertz CT molecular complexity index is 1780. The number of ether oxygens (including phenoxy) is 6. The minimum atomic E-state index is -0.875. The zero-order chi connectivity index (χ0) is 32.0. The summed E-state index contributed by atoms with van der Waals surface area (Å²) >= 11 is 4.77. The van der Waals surface area contributed by atoms with Crippen LogP contribution in [0, 0.1) is 0 Å². The summed E-state index contributed by atoms with van der Waals surface area (Å²) in [6, 6.07) is 7.71. The molecule has 44 heavy (non-hydrogen) atoms. The van der Waals surface area contributed by atoms with Crippen LogP contribution in [0.3, 0.4) is 0 Å². The van der Waals surface area contributed by atoms with E-state index < -0.39 is 18.0 Å². The van der Waals surface area contributed by atoms with Crippen LogP contribution in [0.5, 0.6) is 23.0 Å². The molecule has 2 heterocycles. The number of halogens is 1. The van der Waals surface area contributed by atoms with Crippen LogP contribution in [0.25, 0.3) is 6.08 Å². The molecule has 0 saturated heterocycles. The molecular formula is C31H33BrN2O9S. The van der Waals surface area contributed by atoms with Crippen molar-refractivity contribution in [1.29, 1.82) is 0 Å². The Labute approximate surface area is 266 Å². The largest absolute Gasteiger partial charge is 0.493 e. The van der Waals surface area contributed by atoms with Crippen LogP contribution >= 0.6 is 27.3 Å². The maximum Gasteiger partial charge on any atom is 0.343 e. The minimum Gasteiger partial charge on any atom is -0.493 e. The lowest BCUT2D eigenvalue weighted by Gasteiger charge is -2.25. The molecule has 11 nitrogen and oxygen atoms in total. The third kappa shape index (κ3) is 6.83. The summed E-state index contributed by atoms with van der Waals surface area (Å²) in [5.74, 6) is 0.588. The molecule has 0 saturated carbocycles. The zero-order valence-corrected chi connectivity index (χ0v) is 27.6. The first-order chi connectivity index (χ1) is 21.2. The Hall–Kier alpha value is -4.10. The molecule has 1 aliphatic rings. The summed E-state index contributed by atoms with van der Waals surface area (Å²) in [5.41, 5.74) is 1.55. The molecule has 1 aromatic heterocycles. The average molecular weight is 690 g/mol. The number of rotatable bonds is 12. The second kappa shape index (κ2) is 14.6. The number of aromatic nitrogens is 1. The van der Waals surface area contributed by atoms with Crippen molar-refractivity contribution >= 4 is 45.3 Å². The summed E-state index contributed by atoms with van der Waals surface area (Å²) < 4.78 is 35.2. The van der Waals surface area contributed by atoms with Crippen molar-refractivity contribution in [2.45, 2.75) is 33.7 Å². The molecule has 0 spiro atoms. The predicted octanol–water partition coefficient (Wildman–Crippen LogP) is 3.92. The molecule has 0 bridgehead atoms. The van der Waals surface area contributed by atoms with Crippen molar-refractivity contribution in [3.8, 4) is 23.0 Å². The number of carbonyl (C=O) groups excluding carboxylic acids is 2. The molecule has 0 aliphatic carbocycles.